The van der Waals surface area contributed by atoms with Gasteiger partial charge in [-0.25, -0.2) is 0 Å². The van der Waals surface area contributed by atoms with E-state index in [9.17, 15) is 9.90 Å². The second-order valence-corrected chi connectivity index (χ2v) is 6.83. The molecule has 0 aromatic carbocycles. The summed E-state index contributed by atoms with van der Waals surface area (Å²) >= 11 is -0.134. The molecular weight excluding hydrogens is 245 g/mol. The maximum atomic E-state index is 11.0. The van der Waals surface area contributed by atoms with Crippen LogP contribution in [0.4, 0.5) is 0 Å². The molecule has 0 saturated heterocycles. The fourth-order valence-electron chi connectivity index (χ4n) is 1.08. The van der Waals surface area contributed by atoms with Crippen molar-refractivity contribution in [2.24, 2.45) is 4.99 Å². The normalized spacial score (nSPS) is 30.4. The van der Waals surface area contributed by atoms with Crippen LogP contribution < -0.4 is 0 Å². The van der Waals surface area contributed by atoms with Gasteiger partial charge in [0.15, 0.2) is 0 Å². The third-order valence-corrected chi connectivity index (χ3v) is 4.94. The van der Waals surface area contributed by atoms with Crippen molar-refractivity contribution in [3.8, 4) is 0 Å². The molecule has 1 N–H and O–H groups in total. The molecule has 1 rings (SSSR count). The van der Waals surface area contributed by atoms with Crippen molar-refractivity contribution >= 4 is 36.5 Å². The van der Waals surface area contributed by atoms with Crippen molar-refractivity contribution in [2.45, 2.75) is 16.7 Å². The molecule has 1 amide bonds. The van der Waals surface area contributed by atoms with Gasteiger partial charge >= 0.3 is 79.7 Å². The van der Waals surface area contributed by atoms with Gasteiger partial charge in [-0.15, -0.1) is 0 Å². The van der Waals surface area contributed by atoms with E-state index in [0.29, 0.717) is 0 Å². The number of carbonyl (C=O) groups excluding carboxylic acids is 1. The molecule has 0 radical (unpaired) electrons. The number of nitrogens with zero attached hydrogens (tertiary/aromatic N) is 1. The van der Waals surface area contributed by atoms with Gasteiger partial charge in [-0.05, 0) is 0 Å². The fraction of sp³-hybridized carbons (Fsp3) is 0.429. The summed E-state index contributed by atoms with van der Waals surface area (Å²) in [6.07, 6.45) is 3.92. The van der Waals surface area contributed by atoms with Gasteiger partial charge in [-0.2, -0.15) is 0 Å². The Labute approximate surface area is 79.8 Å². The first-order valence-electron chi connectivity index (χ1n) is 3.59. The van der Waals surface area contributed by atoms with Crippen LogP contribution in [0.5, 0.6) is 0 Å². The molecule has 58 valence electrons. The Kier molecular flexibility index (Phi) is 2.54. The van der Waals surface area contributed by atoms with Gasteiger partial charge in [0.25, 0.3) is 0 Å². The molecule has 1 atom stereocenters. The third kappa shape index (κ3) is 1.56. The molecule has 3 nitrogen and oxygen atoms in total. The average Bonchev–Trinajstić information content (AvgIpc) is 1.95. The van der Waals surface area contributed by atoms with E-state index in [0.717, 1.165) is 12.0 Å². The molecule has 0 bridgehead atoms. The SMILES string of the molecule is CCC1=CC=NC(=O)[C]1(O)[InH2]. The zero-order valence-electron chi connectivity index (χ0n) is 6.66. The predicted octanol–water partition coefficient (Wildman–Crippen LogP) is -0.744. The van der Waals surface area contributed by atoms with E-state index in [1.165, 1.54) is 6.21 Å². The van der Waals surface area contributed by atoms with Crippen LogP contribution in [-0.2, 0) is 4.79 Å². The van der Waals surface area contributed by atoms with Crippen LogP contribution in [-0.4, -0.2) is 45.0 Å². The number of hydrogen-bond donors (Lipinski definition) is 1. The van der Waals surface area contributed by atoms with Gasteiger partial charge in [0.1, 0.15) is 0 Å². The van der Waals surface area contributed by atoms with Crippen LogP contribution >= 0.6 is 0 Å². The summed E-state index contributed by atoms with van der Waals surface area (Å²) < 4.78 is -1.16. The van der Waals surface area contributed by atoms with Crippen molar-refractivity contribution in [1.29, 1.82) is 0 Å². The van der Waals surface area contributed by atoms with Gasteiger partial charge < -0.3 is 0 Å². The van der Waals surface area contributed by atoms with E-state index in [1.807, 2.05) is 6.92 Å². The number of allylic oxidation sites excluding steroid dienone is 1. The van der Waals surface area contributed by atoms with Crippen LogP contribution in [0.1, 0.15) is 13.3 Å². The van der Waals surface area contributed by atoms with E-state index in [1.54, 1.807) is 6.08 Å². The maximum absolute atomic E-state index is 11.0. The van der Waals surface area contributed by atoms with E-state index >= 15 is 0 Å². The Morgan fingerprint density at radius 1 is 1.82 bits per heavy atom. The molecule has 0 aliphatic carbocycles. The number of carbonyl (C=O) groups is 1. The van der Waals surface area contributed by atoms with E-state index < -0.39 is 3.36 Å². The zero-order chi connectivity index (χ0) is 8.48. The predicted molar refractivity (Wildman–Crippen MR) is 45.4 cm³/mol. The Balaban J connectivity index is 3.01. The molecule has 0 saturated carbocycles. The Morgan fingerprint density at radius 3 is 2.91 bits per heavy atom. The molecule has 4 heteroatoms. The fourth-order valence-corrected chi connectivity index (χ4v) is 2.94. The summed E-state index contributed by atoms with van der Waals surface area (Å²) in [4.78, 5) is 14.6. The monoisotopic (exact) mass is 255 g/mol. The second-order valence-electron chi connectivity index (χ2n) is 2.70. The third-order valence-electron chi connectivity index (χ3n) is 1.89. The summed E-state index contributed by atoms with van der Waals surface area (Å²) in [5, 5.41) is 9.66. The van der Waals surface area contributed by atoms with Crippen molar-refractivity contribution < 1.29 is 9.90 Å². The molecule has 1 unspecified atom stereocenters. The standard InChI is InChI=1S/C7H8NO2.In.2H/c1-2-5-3-4-8-7(10)6(5)9;;;/h3-4,9H,2H2,1H3;;;. The van der Waals surface area contributed by atoms with Crippen molar-refractivity contribution in [3.05, 3.63) is 11.6 Å². The molecule has 1 heterocycles. The molecule has 1 aliphatic heterocycles. The zero-order valence-corrected chi connectivity index (χ0v) is 12.4. The van der Waals surface area contributed by atoms with Gasteiger partial charge in [0, 0.05) is 0 Å². The Morgan fingerprint density at radius 2 is 2.45 bits per heavy atom. The van der Waals surface area contributed by atoms with Crippen molar-refractivity contribution in [2.75, 3.05) is 0 Å². The minimum absolute atomic E-state index is 0.134. The Hall–Kier alpha value is -0.0899. The Bertz CT molecular complexity index is 243. The average molecular weight is 255 g/mol. The topological polar surface area (TPSA) is 49.7 Å². The summed E-state index contributed by atoms with van der Waals surface area (Å²) in [5.41, 5.74) is 0.813. The van der Waals surface area contributed by atoms with Crippen LogP contribution in [0.25, 0.3) is 0 Å². The first kappa shape index (κ1) is 9.00. The summed E-state index contributed by atoms with van der Waals surface area (Å²) in [6.45, 7) is 1.93. The van der Waals surface area contributed by atoms with Gasteiger partial charge in [0.05, 0.1) is 0 Å². The number of rotatable bonds is 1. The number of amides is 1. The summed E-state index contributed by atoms with van der Waals surface area (Å²) in [5.74, 6) is -0.382. The van der Waals surface area contributed by atoms with E-state index in [-0.39, 0.29) is 30.3 Å². The first-order chi connectivity index (χ1) is 5.09. The molecule has 0 aromatic rings. The number of aliphatic imine (C=N–C) groups is 1. The molecule has 1 aliphatic rings. The van der Waals surface area contributed by atoms with Crippen LogP contribution in [0.15, 0.2) is 16.6 Å². The summed E-state index contributed by atoms with van der Waals surface area (Å²) in [6, 6.07) is 0. The van der Waals surface area contributed by atoms with Gasteiger partial charge in [0.2, 0.25) is 0 Å². The van der Waals surface area contributed by atoms with E-state index in [2.05, 4.69) is 4.99 Å². The van der Waals surface area contributed by atoms with E-state index in [4.69, 9.17) is 0 Å². The quantitative estimate of drug-likeness (QED) is 0.670. The van der Waals surface area contributed by atoms with Gasteiger partial charge in [-0.3, -0.25) is 0 Å². The van der Waals surface area contributed by atoms with Crippen LogP contribution in [0.3, 0.4) is 0 Å². The molecule has 0 spiro atoms. The second kappa shape index (κ2) is 3.11. The van der Waals surface area contributed by atoms with Gasteiger partial charge in [-0.1, -0.05) is 0 Å². The first-order valence-corrected chi connectivity index (χ1v) is 6.45. The number of dihydropyridines is 1. The molecular formula is C7H10InNO2. The molecule has 0 aromatic heterocycles. The summed E-state index contributed by atoms with van der Waals surface area (Å²) in [7, 11) is 0. The van der Waals surface area contributed by atoms with Crippen molar-refractivity contribution in [3.63, 3.8) is 0 Å². The van der Waals surface area contributed by atoms with Crippen molar-refractivity contribution in [1.82, 2.24) is 0 Å². The number of hydrogen-bond acceptors (Lipinski definition) is 2. The molecule has 0 fully saturated rings. The van der Waals surface area contributed by atoms with Crippen LogP contribution in [0, 0.1) is 0 Å². The number of aliphatic hydroxyl groups is 1. The minimum atomic E-state index is -1.16. The van der Waals surface area contributed by atoms with Crippen LogP contribution in [0.2, 0.25) is 0 Å². The molecule has 11 heavy (non-hydrogen) atoms.